The van der Waals surface area contributed by atoms with Crippen molar-refractivity contribution in [1.29, 1.82) is 0 Å². The molecule has 1 aromatic heterocycles. The summed E-state index contributed by atoms with van der Waals surface area (Å²) >= 11 is 0. The molecule has 5 rings (SSSR count). The molecule has 0 aliphatic heterocycles. The molecule has 3 aromatic rings. The van der Waals surface area contributed by atoms with Gasteiger partial charge in [0.1, 0.15) is 11.9 Å². The number of aryl methyl sites for hydroxylation is 1. The molecule has 166 valence electrons. The number of ketones is 2. The lowest BCUT2D eigenvalue weighted by molar-refractivity contribution is -0.144. The van der Waals surface area contributed by atoms with Crippen LogP contribution < -0.4 is 0 Å². The minimum Gasteiger partial charge on any atom is -0.463 e. The summed E-state index contributed by atoms with van der Waals surface area (Å²) in [6.07, 6.45) is 5.32. The van der Waals surface area contributed by atoms with E-state index >= 15 is 0 Å². The summed E-state index contributed by atoms with van der Waals surface area (Å²) in [5, 5.41) is 0. The smallest absolute Gasteiger partial charge is 0.331 e. The molecule has 0 spiro atoms. The molecule has 1 heterocycles. The third-order valence-electron chi connectivity index (χ3n) is 6.68. The summed E-state index contributed by atoms with van der Waals surface area (Å²) < 4.78 is 11.5. The number of carbonyl (C=O) groups is 3. The molecule has 5 heteroatoms. The van der Waals surface area contributed by atoms with Crippen molar-refractivity contribution in [3.63, 3.8) is 0 Å². The minimum absolute atomic E-state index is 0.226. The minimum atomic E-state index is -0.620. The van der Waals surface area contributed by atoms with E-state index in [-0.39, 0.29) is 5.41 Å². The highest BCUT2D eigenvalue weighted by Crippen LogP contribution is 2.49. The normalized spacial score (nSPS) is 18.6. The standard InChI is InChI=1S/C28H24O5/c1-16-15-32-27-18-10-11-19-24(23(18)26(31)25(30)22(16)27)20(13-14-28(19,2)3)33-21(29)12-9-17-7-5-4-6-8-17/h4-12,15,20H,13-14H2,1-3H3/b12-9+. The number of Topliss-reactive ketones (excluding diaryl/α,β-unsaturated/α-hetero) is 2. The molecule has 0 bridgehead atoms. The van der Waals surface area contributed by atoms with Gasteiger partial charge in [-0.2, -0.15) is 0 Å². The first-order valence-electron chi connectivity index (χ1n) is 11.1. The molecule has 2 aromatic carbocycles. The van der Waals surface area contributed by atoms with Gasteiger partial charge in [-0.15, -0.1) is 0 Å². The van der Waals surface area contributed by atoms with Crippen LogP contribution in [0.5, 0.6) is 0 Å². The van der Waals surface area contributed by atoms with Crippen LogP contribution in [0.25, 0.3) is 17.4 Å². The van der Waals surface area contributed by atoms with Gasteiger partial charge in [-0.1, -0.05) is 56.3 Å². The van der Waals surface area contributed by atoms with E-state index in [0.717, 1.165) is 17.5 Å². The third kappa shape index (κ3) is 3.44. The van der Waals surface area contributed by atoms with Gasteiger partial charge in [0.2, 0.25) is 11.6 Å². The van der Waals surface area contributed by atoms with Gasteiger partial charge in [0.25, 0.3) is 0 Å². The van der Waals surface area contributed by atoms with Crippen LogP contribution in [0.15, 0.2) is 59.2 Å². The third-order valence-corrected chi connectivity index (χ3v) is 6.68. The van der Waals surface area contributed by atoms with Crippen LogP contribution in [0.2, 0.25) is 0 Å². The van der Waals surface area contributed by atoms with Crippen molar-refractivity contribution in [2.45, 2.75) is 45.1 Å². The van der Waals surface area contributed by atoms with E-state index in [4.69, 9.17) is 9.15 Å². The number of ether oxygens (including phenoxy) is 1. The molecule has 1 atom stereocenters. The number of hydrogen-bond donors (Lipinski definition) is 0. The summed E-state index contributed by atoms with van der Waals surface area (Å²) in [6.45, 7) is 5.95. The van der Waals surface area contributed by atoms with Crippen molar-refractivity contribution in [2.24, 2.45) is 0 Å². The fourth-order valence-corrected chi connectivity index (χ4v) is 4.93. The van der Waals surface area contributed by atoms with Crippen LogP contribution in [-0.2, 0) is 14.9 Å². The topological polar surface area (TPSA) is 73.6 Å². The van der Waals surface area contributed by atoms with Gasteiger partial charge in [0, 0.05) is 22.8 Å². The Balaban J connectivity index is 1.59. The number of fused-ring (bicyclic) bond motifs is 5. The summed E-state index contributed by atoms with van der Waals surface area (Å²) in [7, 11) is 0. The van der Waals surface area contributed by atoms with E-state index in [1.54, 1.807) is 13.0 Å². The molecule has 0 N–H and O–H groups in total. The van der Waals surface area contributed by atoms with Crippen molar-refractivity contribution in [3.8, 4) is 11.3 Å². The number of rotatable bonds is 3. The molecule has 0 saturated carbocycles. The lowest BCUT2D eigenvalue weighted by Crippen LogP contribution is -2.32. The fourth-order valence-electron chi connectivity index (χ4n) is 4.93. The van der Waals surface area contributed by atoms with E-state index in [1.807, 2.05) is 42.5 Å². The SMILES string of the molecule is Cc1coc2c1C(=O)C(=O)c1c-2ccc2c1C(OC(=O)/C=C/c1ccccc1)CCC2(C)C. The van der Waals surface area contributed by atoms with Crippen molar-refractivity contribution >= 4 is 23.6 Å². The molecule has 2 aliphatic carbocycles. The maximum atomic E-state index is 13.3. The zero-order valence-corrected chi connectivity index (χ0v) is 18.8. The lowest BCUT2D eigenvalue weighted by atomic mass is 9.68. The second-order valence-electron chi connectivity index (χ2n) is 9.32. The van der Waals surface area contributed by atoms with Gasteiger partial charge in [-0.05, 0) is 47.9 Å². The van der Waals surface area contributed by atoms with Crippen molar-refractivity contribution in [1.82, 2.24) is 0 Å². The predicted molar refractivity (Wildman–Crippen MR) is 124 cm³/mol. The Morgan fingerprint density at radius 1 is 1.06 bits per heavy atom. The highest BCUT2D eigenvalue weighted by molar-refractivity contribution is 6.53. The van der Waals surface area contributed by atoms with Gasteiger partial charge in [-0.25, -0.2) is 4.79 Å². The quantitative estimate of drug-likeness (QED) is 0.284. The second kappa shape index (κ2) is 7.69. The largest absolute Gasteiger partial charge is 0.463 e. The van der Waals surface area contributed by atoms with E-state index in [0.29, 0.717) is 40.0 Å². The van der Waals surface area contributed by atoms with Crippen LogP contribution in [0.1, 0.15) is 75.8 Å². The van der Waals surface area contributed by atoms with Crippen LogP contribution >= 0.6 is 0 Å². The van der Waals surface area contributed by atoms with Crippen LogP contribution in [0.3, 0.4) is 0 Å². The Kier molecular flexibility index (Phi) is 4.93. The highest BCUT2D eigenvalue weighted by Gasteiger charge is 2.43. The molecule has 1 unspecified atom stereocenters. The Bertz CT molecular complexity index is 1320. The first-order chi connectivity index (χ1) is 15.8. The molecule has 0 radical (unpaired) electrons. The van der Waals surface area contributed by atoms with Crippen molar-refractivity contribution in [3.05, 3.63) is 88.2 Å². The number of furan rings is 1. The van der Waals surface area contributed by atoms with Gasteiger partial charge in [-0.3, -0.25) is 9.59 Å². The molecule has 0 fully saturated rings. The molecule has 33 heavy (non-hydrogen) atoms. The summed E-state index contributed by atoms with van der Waals surface area (Å²) in [5.74, 6) is -1.23. The first-order valence-corrected chi connectivity index (χ1v) is 11.1. The van der Waals surface area contributed by atoms with E-state index in [1.165, 1.54) is 12.3 Å². The number of esters is 1. The number of carbonyl (C=O) groups excluding carboxylic acids is 3. The predicted octanol–water partition coefficient (Wildman–Crippen LogP) is 6.00. The molecule has 0 amide bonds. The number of hydrogen-bond acceptors (Lipinski definition) is 5. The van der Waals surface area contributed by atoms with Gasteiger partial charge >= 0.3 is 5.97 Å². The van der Waals surface area contributed by atoms with Gasteiger partial charge in [0.05, 0.1) is 11.8 Å². The van der Waals surface area contributed by atoms with E-state index < -0.39 is 23.6 Å². The average Bonchev–Trinajstić information content (AvgIpc) is 3.19. The monoisotopic (exact) mass is 440 g/mol. The zero-order chi connectivity index (χ0) is 23.3. The average molecular weight is 440 g/mol. The summed E-state index contributed by atoms with van der Waals surface area (Å²) in [6, 6.07) is 13.3. The number of benzene rings is 2. The lowest BCUT2D eigenvalue weighted by Gasteiger charge is -2.38. The van der Waals surface area contributed by atoms with Crippen molar-refractivity contribution < 1.29 is 23.5 Å². The zero-order valence-electron chi connectivity index (χ0n) is 18.8. The Hall–Kier alpha value is -3.73. The fraction of sp³-hybridized carbons (Fsp3) is 0.250. The van der Waals surface area contributed by atoms with Gasteiger partial charge in [0.15, 0.2) is 0 Å². The van der Waals surface area contributed by atoms with Crippen molar-refractivity contribution in [2.75, 3.05) is 0 Å². The maximum Gasteiger partial charge on any atom is 0.331 e. The Morgan fingerprint density at radius 2 is 1.79 bits per heavy atom. The highest BCUT2D eigenvalue weighted by atomic mass is 16.5. The Labute approximate surface area is 192 Å². The molecular formula is C28H24O5. The molecule has 5 nitrogen and oxygen atoms in total. The van der Waals surface area contributed by atoms with Crippen LogP contribution in [0, 0.1) is 6.92 Å². The molecule has 0 saturated heterocycles. The van der Waals surface area contributed by atoms with Crippen LogP contribution in [0.4, 0.5) is 0 Å². The molecule has 2 aliphatic rings. The molecular weight excluding hydrogens is 416 g/mol. The first kappa shape index (κ1) is 21.1. The van der Waals surface area contributed by atoms with Crippen LogP contribution in [-0.4, -0.2) is 17.5 Å². The second-order valence-corrected chi connectivity index (χ2v) is 9.32. The maximum absolute atomic E-state index is 13.3. The summed E-state index contributed by atoms with van der Waals surface area (Å²) in [4.78, 5) is 39.0. The van der Waals surface area contributed by atoms with Gasteiger partial charge < -0.3 is 9.15 Å². The van der Waals surface area contributed by atoms with E-state index in [9.17, 15) is 14.4 Å². The Morgan fingerprint density at radius 3 is 2.55 bits per heavy atom. The summed E-state index contributed by atoms with van der Waals surface area (Å²) in [5.41, 5.74) is 4.06. The van der Waals surface area contributed by atoms with E-state index in [2.05, 4.69) is 13.8 Å².